The van der Waals surface area contributed by atoms with E-state index in [1.807, 2.05) is 24.3 Å². The molecule has 2 rings (SSSR count). The Morgan fingerprint density at radius 1 is 1.45 bits per heavy atom. The summed E-state index contributed by atoms with van der Waals surface area (Å²) in [7, 11) is 0. The third kappa shape index (κ3) is 2.68. The van der Waals surface area contributed by atoms with Gasteiger partial charge in [0.15, 0.2) is 5.65 Å². The normalized spacial score (nSPS) is 10.8. The summed E-state index contributed by atoms with van der Waals surface area (Å²) in [5.41, 5.74) is 4.38. The van der Waals surface area contributed by atoms with Gasteiger partial charge < -0.3 is 5.32 Å². The molecule has 0 unspecified atom stereocenters. The number of nitrogens with one attached hydrogen (secondary N) is 2. The highest BCUT2D eigenvalue weighted by Crippen LogP contribution is 2.30. The Balaban J connectivity index is 2.54. The lowest BCUT2D eigenvalue weighted by molar-refractivity contribution is -0.127. The minimum absolute atomic E-state index is 0.0365. The smallest absolute Gasteiger partial charge is 0.262 e. The first-order chi connectivity index (χ1) is 9.49. The van der Waals surface area contributed by atoms with Gasteiger partial charge in [0.05, 0.1) is 16.7 Å². The van der Waals surface area contributed by atoms with Crippen LogP contribution in [-0.4, -0.2) is 27.0 Å². The Hall–Kier alpha value is -1.12. The van der Waals surface area contributed by atoms with Crippen LogP contribution in [0.5, 0.6) is 0 Å². The molecule has 0 saturated carbocycles. The Labute approximate surface area is 132 Å². The Bertz CT molecular complexity index is 669. The van der Waals surface area contributed by atoms with Crippen LogP contribution in [0.1, 0.15) is 18.3 Å². The maximum absolute atomic E-state index is 11.1. The molecule has 2 aromatic heterocycles. The number of halogens is 2. The summed E-state index contributed by atoms with van der Waals surface area (Å²) in [6.45, 7) is 3.98. The van der Waals surface area contributed by atoms with Gasteiger partial charge in [0.2, 0.25) is 0 Å². The number of amides is 1. The first-order valence-electron chi connectivity index (χ1n) is 6.02. The summed E-state index contributed by atoms with van der Waals surface area (Å²) in [6, 6.07) is 1.95. The molecule has 0 spiro atoms. The van der Waals surface area contributed by atoms with E-state index in [4.69, 9.17) is 5.21 Å². The van der Waals surface area contributed by atoms with Crippen LogP contribution >= 0.6 is 31.9 Å². The van der Waals surface area contributed by atoms with Crippen LogP contribution in [0.25, 0.3) is 5.65 Å². The first-order valence-corrected chi connectivity index (χ1v) is 7.60. The quantitative estimate of drug-likeness (QED) is 0.539. The number of anilines is 1. The molecule has 0 bridgehead atoms. The van der Waals surface area contributed by atoms with Crippen molar-refractivity contribution in [3.8, 4) is 0 Å². The molecule has 0 fully saturated rings. The summed E-state index contributed by atoms with van der Waals surface area (Å²) >= 11 is 7.01. The fourth-order valence-electron chi connectivity index (χ4n) is 2.03. The van der Waals surface area contributed by atoms with Gasteiger partial charge in [-0.05, 0) is 51.3 Å². The number of hydroxylamine groups is 1. The Morgan fingerprint density at radius 2 is 2.15 bits per heavy atom. The number of hydrogen-bond acceptors (Lipinski definition) is 4. The number of hydrogen-bond donors (Lipinski definition) is 3. The third-order valence-electron chi connectivity index (χ3n) is 3.00. The second-order valence-electron chi connectivity index (χ2n) is 4.23. The lowest BCUT2D eigenvalue weighted by Crippen LogP contribution is -2.27. The third-order valence-corrected chi connectivity index (χ3v) is 4.38. The van der Waals surface area contributed by atoms with Gasteiger partial charge in [0, 0.05) is 10.2 Å². The summed E-state index contributed by atoms with van der Waals surface area (Å²) in [5, 5.41) is 11.5. The largest absolute Gasteiger partial charge is 0.359 e. The number of fused-ring (bicyclic) bond motifs is 1. The summed E-state index contributed by atoms with van der Waals surface area (Å²) < 4.78 is 3.88. The van der Waals surface area contributed by atoms with Crippen molar-refractivity contribution in [1.29, 1.82) is 0 Å². The highest BCUT2D eigenvalue weighted by Gasteiger charge is 2.16. The number of carbonyl (C=O) groups excluding carboxylic acids is 1. The zero-order chi connectivity index (χ0) is 14.9. The Kier molecular flexibility index (Phi) is 4.66. The van der Waals surface area contributed by atoms with Gasteiger partial charge in [-0.3, -0.25) is 14.4 Å². The van der Waals surface area contributed by atoms with E-state index in [0.717, 1.165) is 32.4 Å². The van der Waals surface area contributed by atoms with Crippen molar-refractivity contribution in [2.45, 2.75) is 20.3 Å². The van der Waals surface area contributed by atoms with Gasteiger partial charge >= 0.3 is 0 Å². The van der Waals surface area contributed by atoms with Crippen molar-refractivity contribution in [2.75, 3.05) is 11.9 Å². The van der Waals surface area contributed by atoms with Crippen LogP contribution in [-0.2, 0) is 11.2 Å². The van der Waals surface area contributed by atoms with Crippen molar-refractivity contribution in [3.05, 3.63) is 26.4 Å². The fraction of sp³-hybridized carbons (Fsp3) is 0.333. The zero-order valence-corrected chi connectivity index (χ0v) is 14.2. The lowest BCUT2D eigenvalue weighted by atomic mass is 10.3. The molecule has 6 nitrogen and oxygen atoms in total. The molecular weight excluding hydrogens is 392 g/mol. The summed E-state index contributed by atoms with van der Waals surface area (Å²) in [4.78, 5) is 15.6. The van der Waals surface area contributed by atoms with Crippen molar-refractivity contribution in [2.24, 2.45) is 0 Å². The van der Waals surface area contributed by atoms with E-state index in [2.05, 4.69) is 42.2 Å². The molecule has 0 radical (unpaired) electrons. The molecule has 8 heteroatoms. The molecule has 20 heavy (non-hydrogen) atoms. The molecular formula is C12H14Br2N4O2. The molecule has 0 aliphatic heterocycles. The van der Waals surface area contributed by atoms with Crippen molar-refractivity contribution >= 4 is 49.2 Å². The standard InChI is InChI=1S/C12H14Br2N4O2/c1-3-9-11(15-5-10(19)17-20)16-12-8(14)4-7(13)6(2)18(9)12/h4,15,20H,3,5H2,1-2H3,(H,17,19). The second kappa shape index (κ2) is 6.11. The molecule has 108 valence electrons. The lowest BCUT2D eigenvalue weighted by Gasteiger charge is -2.08. The number of aromatic nitrogens is 2. The van der Waals surface area contributed by atoms with Gasteiger partial charge in [-0.25, -0.2) is 10.5 Å². The Morgan fingerprint density at radius 3 is 2.75 bits per heavy atom. The number of rotatable bonds is 4. The molecule has 3 N–H and O–H groups in total. The number of carbonyl (C=O) groups is 1. The minimum Gasteiger partial charge on any atom is -0.359 e. The molecule has 0 aliphatic rings. The molecule has 1 amide bonds. The van der Waals surface area contributed by atoms with E-state index in [0.29, 0.717) is 5.82 Å². The van der Waals surface area contributed by atoms with Crippen LogP contribution in [0, 0.1) is 6.92 Å². The van der Waals surface area contributed by atoms with Crippen molar-refractivity contribution in [3.63, 3.8) is 0 Å². The van der Waals surface area contributed by atoms with Crippen LogP contribution in [0.15, 0.2) is 15.0 Å². The van der Waals surface area contributed by atoms with Crippen LogP contribution in [0.4, 0.5) is 5.82 Å². The number of aryl methyl sites for hydroxylation is 2. The van der Waals surface area contributed by atoms with E-state index in [1.165, 1.54) is 0 Å². The maximum Gasteiger partial charge on any atom is 0.262 e. The molecule has 0 atom stereocenters. The molecule has 0 saturated heterocycles. The number of pyridine rings is 1. The number of nitrogens with zero attached hydrogens (tertiary/aromatic N) is 2. The summed E-state index contributed by atoms with van der Waals surface area (Å²) in [6.07, 6.45) is 0.758. The molecule has 0 aliphatic carbocycles. The van der Waals surface area contributed by atoms with Gasteiger partial charge in [0.1, 0.15) is 5.82 Å². The predicted molar refractivity (Wildman–Crippen MR) is 83.1 cm³/mol. The minimum atomic E-state index is -0.513. The predicted octanol–water partition coefficient (Wildman–Crippen LogP) is 2.65. The van der Waals surface area contributed by atoms with Gasteiger partial charge in [0.25, 0.3) is 5.91 Å². The average molecular weight is 406 g/mol. The molecule has 2 heterocycles. The van der Waals surface area contributed by atoms with Gasteiger partial charge in [-0.2, -0.15) is 0 Å². The topological polar surface area (TPSA) is 78.7 Å². The summed E-state index contributed by atoms with van der Waals surface area (Å²) in [5.74, 6) is 0.124. The van der Waals surface area contributed by atoms with E-state index in [9.17, 15) is 4.79 Å². The monoisotopic (exact) mass is 404 g/mol. The van der Waals surface area contributed by atoms with E-state index >= 15 is 0 Å². The first kappa shape index (κ1) is 15.3. The zero-order valence-electron chi connectivity index (χ0n) is 11.0. The van der Waals surface area contributed by atoms with E-state index < -0.39 is 5.91 Å². The highest BCUT2D eigenvalue weighted by atomic mass is 79.9. The van der Waals surface area contributed by atoms with E-state index in [-0.39, 0.29) is 6.54 Å². The van der Waals surface area contributed by atoms with E-state index in [1.54, 1.807) is 5.48 Å². The SMILES string of the molecule is CCc1c(NCC(=O)NO)nc2c(Br)cc(Br)c(C)n12. The second-order valence-corrected chi connectivity index (χ2v) is 5.94. The molecule has 2 aromatic rings. The number of imidazole rings is 1. The van der Waals surface area contributed by atoms with Crippen LogP contribution in [0.3, 0.4) is 0 Å². The van der Waals surface area contributed by atoms with Crippen molar-refractivity contribution in [1.82, 2.24) is 14.9 Å². The van der Waals surface area contributed by atoms with Gasteiger partial charge in [-0.1, -0.05) is 6.92 Å². The fourth-order valence-corrected chi connectivity index (χ4v) is 3.24. The van der Waals surface area contributed by atoms with Crippen LogP contribution in [0.2, 0.25) is 0 Å². The highest BCUT2D eigenvalue weighted by molar-refractivity contribution is 9.11. The molecule has 0 aromatic carbocycles. The average Bonchev–Trinajstić information content (AvgIpc) is 2.81. The van der Waals surface area contributed by atoms with Crippen LogP contribution < -0.4 is 10.8 Å². The van der Waals surface area contributed by atoms with Gasteiger partial charge in [-0.15, -0.1) is 0 Å². The maximum atomic E-state index is 11.1. The van der Waals surface area contributed by atoms with Crippen molar-refractivity contribution < 1.29 is 10.0 Å².